The number of nitrogens with zero attached hydrogens (tertiary/aromatic N) is 2. The third-order valence-electron chi connectivity index (χ3n) is 8.21. The summed E-state index contributed by atoms with van der Waals surface area (Å²) in [5, 5.41) is 17.4. The molecule has 1 saturated heterocycles. The van der Waals surface area contributed by atoms with Crippen molar-refractivity contribution in [1.82, 2.24) is 20.1 Å². The number of ether oxygens (including phenoxy) is 1. The lowest BCUT2D eigenvalue weighted by atomic mass is 9.69. The average Bonchev–Trinajstić information content (AvgIpc) is 3.53. The summed E-state index contributed by atoms with van der Waals surface area (Å²) in [6, 6.07) is 10.7. The van der Waals surface area contributed by atoms with Crippen molar-refractivity contribution >= 4 is 28.7 Å². The number of urea groups is 2. The highest BCUT2D eigenvalue weighted by Gasteiger charge is 2.55. The number of methoxy groups -OCH3 is 1. The first-order valence-corrected chi connectivity index (χ1v) is 13.1. The number of carbonyl (C=O) groups excluding carboxylic acids is 2. The van der Waals surface area contributed by atoms with Gasteiger partial charge in [0.2, 0.25) is 0 Å². The molecule has 3 heterocycles. The van der Waals surface area contributed by atoms with Crippen LogP contribution in [0.2, 0.25) is 0 Å². The second-order valence-corrected chi connectivity index (χ2v) is 10.7. The molecule has 1 aliphatic carbocycles. The maximum Gasteiger partial charge on any atom is 0.321 e. The number of benzene rings is 2. The van der Waals surface area contributed by atoms with Gasteiger partial charge in [-0.25, -0.2) is 14.0 Å². The van der Waals surface area contributed by atoms with Crippen LogP contribution in [0.1, 0.15) is 43.0 Å². The fourth-order valence-electron chi connectivity index (χ4n) is 6.40. The Bertz CT molecular complexity index is 1380. The molecule has 3 aromatic rings. The molecule has 1 spiro atoms. The third kappa shape index (κ3) is 4.13. The SMILES string of the molecule is COc1ccc2c3c([nH]c2c1)[C@@H](CO)N(C(=O)NC1CCCC1)CC31CN(C(=O)Nc2cccc(F)c2)C1. The van der Waals surface area contributed by atoms with Gasteiger partial charge in [-0.15, -0.1) is 0 Å². The Morgan fingerprint density at radius 3 is 2.63 bits per heavy atom. The molecule has 4 amide bonds. The largest absolute Gasteiger partial charge is 0.497 e. The number of aromatic amines is 1. The molecule has 1 aromatic heterocycles. The van der Waals surface area contributed by atoms with Gasteiger partial charge in [0, 0.05) is 54.0 Å². The smallest absolute Gasteiger partial charge is 0.321 e. The number of aliphatic hydroxyl groups is 1. The number of amides is 4. The molecule has 4 N–H and O–H groups in total. The van der Waals surface area contributed by atoms with Crippen LogP contribution in [0, 0.1) is 5.82 Å². The number of likely N-dealkylation sites (tertiary alicyclic amines) is 1. The van der Waals surface area contributed by atoms with E-state index in [1.165, 1.54) is 12.1 Å². The first-order chi connectivity index (χ1) is 18.4. The van der Waals surface area contributed by atoms with Gasteiger partial charge in [-0.3, -0.25) is 0 Å². The number of anilines is 1. The summed E-state index contributed by atoms with van der Waals surface area (Å²) in [5.41, 5.74) is 2.54. The normalized spacial score (nSPS) is 20.3. The van der Waals surface area contributed by atoms with Crippen molar-refractivity contribution in [3.05, 3.63) is 59.5 Å². The summed E-state index contributed by atoms with van der Waals surface area (Å²) in [6.45, 7) is 0.901. The lowest BCUT2D eigenvalue weighted by Crippen LogP contribution is -2.69. The first kappa shape index (κ1) is 24.5. The number of halogens is 1. The molecule has 2 aliphatic heterocycles. The third-order valence-corrected chi connectivity index (χ3v) is 8.21. The topological polar surface area (TPSA) is 110 Å². The van der Waals surface area contributed by atoms with Crippen molar-refractivity contribution in [1.29, 1.82) is 0 Å². The van der Waals surface area contributed by atoms with E-state index in [1.54, 1.807) is 29.0 Å². The van der Waals surface area contributed by atoms with E-state index in [-0.39, 0.29) is 24.7 Å². The first-order valence-electron chi connectivity index (χ1n) is 13.1. The van der Waals surface area contributed by atoms with Gasteiger partial charge in [-0.2, -0.15) is 0 Å². The molecule has 0 radical (unpaired) electrons. The summed E-state index contributed by atoms with van der Waals surface area (Å²) >= 11 is 0. The fraction of sp³-hybridized carbons (Fsp3) is 0.429. The molecule has 1 saturated carbocycles. The van der Waals surface area contributed by atoms with Gasteiger partial charge >= 0.3 is 12.1 Å². The molecule has 9 nitrogen and oxygen atoms in total. The predicted molar refractivity (Wildman–Crippen MR) is 141 cm³/mol. The van der Waals surface area contributed by atoms with Gasteiger partial charge in [0.15, 0.2) is 0 Å². The predicted octanol–water partition coefficient (Wildman–Crippen LogP) is 4.10. The lowest BCUT2D eigenvalue weighted by Gasteiger charge is -2.55. The van der Waals surface area contributed by atoms with Crippen LogP contribution in [0.5, 0.6) is 5.75 Å². The Morgan fingerprint density at radius 1 is 1.13 bits per heavy atom. The van der Waals surface area contributed by atoms with Crippen molar-refractivity contribution in [3.8, 4) is 5.75 Å². The molecule has 10 heteroatoms. The Balaban J connectivity index is 1.33. The van der Waals surface area contributed by atoms with Crippen molar-refractivity contribution in [2.24, 2.45) is 0 Å². The molecule has 6 rings (SSSR count). The molecule has 200 valence electrons. The van der Waals surface area contributed by atoms with Crippen molar-refractivity contribution in [3.63, 3.8) is 0 Å². The quantitative estimate of drug-likeness (QED) is 0.414. The Kier molecular flexibility index (Phi) is 6.14. The van der Waals surface area contributed by atoms with E-state index in [2.05, 4.69) is 15.6 Å². The Hall–Kier alpha value is -3.79. The highest BCUT2D eigenvalue weighted by molar-refractivity contribution is 5.92. The van der Waals surface area contributed by atoms with Crippen LogP contribution in [-0.4, -0.2) is 71.3 Å². The fourth-order valence-corrected chi connectivity index (χ4v) is 6.40. The minimum absolute atomic E-state index is 0.140. The van der Waals surface area contributed by atoms with Crippen LogP contribution < -0.4 is 15.4 Å². The standard InChI is InChI=1S/C28H32FN5O4/c1-38-20-9-10-21-22(12-20)32-25-23(13-35)34(27(37)30-18-6-2-3-7-18)16-28(24(21)25)14-33(15-28)26(36)31-19-8-4-5-17(29)11-19/h4-5,8-12,18,23,32,35H,2-3,6-7,13-16H2,1H3,(H,30,37)(H,31,36)/t23-/m1/s1. The van der Waals surface area contributed by atoms with Crippen molar-refractivity contribution < 1.29 is 23.8 Å². The molecule has 0 unspecified atom stereocenters. The van der Waals surface area contributed by atoms with E-state index in [0.717, 1.165) is 47.8 Å². The minimum Gasteiger partial charge on any atom is -0.497 e. The maximum atomic E-state index is 13.6. The van der Waals surface area contributed by atoms with Gasteiger partial charge < -0.3 is 35.3 Å². The number of hydrogen-bond donors (Lipinski definition) is 4. The van der Waals surface area contributed by atoms with Crippen LogP contribution in [-0.2, 0) is 5.41 Å². The van der Waals surface area contributed by atoms with Crippen molar-refractivity contribution in [2.45, 2.75) is 43.2 Å². The molecule has 0 bridgehead atoms. The molecular formula is C28H32FN5O4. The zero-order valence-corrected chi connectivity index (χ0v) is 21.3. The monoisotopic (exact) mass is 521 g/mol. The molecule has 2 aromatic carbocycles. The van der Waals surface area contributed by atoms with Crippen LogP contribution in [0.3, 0.4) is 0 Å². The van der Waals surface area contributed by atoms with Crippen LogP contribution in [0.4, 0.5) is 19.7 Å². The van der Waals surface area contributed by atoms with E-state index in [0.29, 0.717) is 31.1 Å². The number of carbonyl (C=O) groups is 2. The maximum absolute atomic E-state index is 13.6. The molecular weight excluding hydrogens is 489 g/mol. The van der Waals surface area contributed by atoms with E-state index in [4.69, 9.17) is 4.74 Å². The summed E-state index contributed by atoms with van der Waals surface area (Å²) in [5.74, 6) is 0.277. The zero-order valence-electron chi connectivity index (χ0n) is 21.3. The van der Waals surface area contributed by atoms with Gasteiger partial charge in [-0.05, 0) is 48.7 Å². The molecule has 3 aliphatic rings. The molecule has 38 heavy (non-hydrogen) atoms. The number of nitrogens with one attached hydrogen (secondary N) is 3. The van der Waals surface area contributed by atoms with Gasteiger partial charge in [0.25, 0.3) is 0 Å². The van der Waals surface area contributed by atoms with Crippen LogP contribution >= 0.6 is 0 Å². The minimum atomic E-state index is -0.536. The molecule has 1 atom stereocenters. The van der Waals surface area contributed by atoms with Crippen molar-refractivity contribution in [2.75, 3.05) is 38.7 Å². The summed E-state index contributed by atoms with van der Waals surface area (Å²) in [7, 11) is 1.61. The summed E-state index contributed by atoms with van der Waals surface area (Å²) in [6.07, 6.45) is 4.11. The number of fused-ring (bicyclic) bond motifs is 4. The van der Waals surface area contributed by atoms with E-state index < -0.39 is 17.3 Å². The van der Waals surface area contributed by atoms with E-state index >= 15 is 0 Å². The highest BCUT2D eigenvalue weighted by atomic mass is 19.1. The Morgan fingerprint density at radius 2 is 1.92 bits per heavy atom. The number of hydrogen-bond acceptors (Lipinski definition) is 4. The van der Waals surface area contributed by atoms with Crippen LogP contribution in [0.15, 0.2) is 42.5 Å². The summed E-state index contributed by atoms with van der Waals surface area (Å²) < 4.78 is 19.0. The highest BCUT2D eigenvalue weighted by Crippen LogP contribution is 2.48. The van der Waals surface area contributed by atoms with E-state index in [9.17, 15) is 19.1 Å². The number of aromatic nitrogens is 1. The van der Waals surface area contributed by atoms with E-state index in [1.807, 2.05) is 18.2 Å². The molecule has 2 fully saturated rings. The number of H-pyrrole nitrogens is 1. The van der Waals surface area contributed by atoms with Gasteiger partial charge in [-0.1, -0.05) is 18.9 Å². The second-order valence-electron chi connectivity index (χ2n) is 10.7. The van der Waals surface area contributed by atoms with Gasteiger partial charge in [0.1, 0.15) is 11.6 Å². The Labute approximate surface area is 219 Å². The average molecular weight is 522 g/mol. The number of aliphatic hydroxyl groups excluding tert-OH is 1. The second kappa shape index (κ2) is 9.50. The lowest BCUT2D eigenvalue weighted by molar-refractivity contribution is 0.0338. The number of rotatable bonds is 4. The van der Waals surface area contributed by atoms with Crippen LogP contribution in [0.25, 0.3) is 10.9 Å². The zero-order chi connectivity index (χ0) is 26.4. The van der Waals surface area contributed by atoms with Gasteiger partial charge in [0.05, 0.1) is 25.2 Å². The summed E-state index contributed by atoms with van der Waals surface area (Å²) in [4.78, 5) is 33.4.